The Bertz CT molecular complexity index is 315. The Labute approximate surface area is 92.3 Å². The van der Waals surface area contributed by atoms with Crippen molar-refractivity contribution in [2.75, 3.05) is 6.54 Å². The van der Waals surface area contributed by atoms with Crippen LogP contribution in [0.15, 0.2) is 4.42 Å². The van der Waals surface area contributed by atoms with E-state index in [-0.39, 0.29) is 5.54 Å². The molecule has 0 fully saturated rings. The Balaban J connectivity index is 2.71. The average molecular weight is 210 g/mol. The van der Waals surface area contributed by atoms with Crippen molar-refractivity contribution < 1.29 is 4.42 Å². The van der Waals surface area contributed by atoms with Crippen LogP contribution in [0, 0.1) is 13.8 Å². The minimum absolute atomic E-state index is 0.100. The predicted molar refractivity (Wildman–Crippen MR) is 61.9 cm³/mol. The number of nitrogens with zero attached hydrogens (tertiary/aromatic N) is 1. The van der Waals surface area contributed by atoms with Gasteiger partial charge in [-0.05, 0) is 33.7 Å². The molecule has 0 saturated heterocycles. The third kappa shape index (κ3) is 3.06. The Morgan fingerprint density at radius 3 is 2.47 bits per heavy atom. The van der Waals surface area contributed by atoms with Gasteiger partial charge in [0.1, 0.15) is 11.5 Å². The molecule has 0 atom stereocenters. The quantitative estimate of drug-likeness (QED) is 0.759. The summed E-state index contributed by atoms with van der Waals surface area (Å²) < 4.78 is 5.46. The first-order valence-electron chi connectivity index (χ1n) is 5.67. The molecule has 1 aromatic heterocycles. The van der Waals surface area contributed by atoms with Crippen molar-refractivity contribution in [3.05, 3.63) is 17.3 Å². The standard InChI is InChI=1S/C12H22N2O/c1-6-7-8-13-12(4,5)11-9(2)15-10(3)14-11/h13H,6-8H2,1-5H3. The number of oxazole rings is 1. The van der Waals surface area contributed by atoms with E-state index in [9.17, 15) is 0 Å². The van der Waals surface area contributed by atoms with Gasteiger partial charge in [-0.3, -0.25) is 0 Å². The van der Waals surface area contributed by atoms with E-state index in [0.29, 0.717) is 0 Å². The van der Waals surface area contributed by atoms with Crippen molar-refractivity contribution in [3.8, 4) is 0 Å². The van der Waals surface area contributed by atoms with Crippen molar-refractivity contribution in [3.63, 3.8) is 0 Å². The highest BCUT2D eigenvalue weighted by Gasteiger charge is 2.25. The van der Waals surface area contributed by atoms with Crippen LogP contribution >= 0.6 is 0 Å². The van der Waals surface area contributed by atoms with Crippen LogP contribution in [0.3, 0.4) is 0 Å². The molecule has 0 amide bonds. The van der Waals surface area contributed by atoms with E-state index in [2.05, 4.69) is 31.1 Å². The van der Waals surface area contributed by atoms with E-state index in [4.69, 9.17) is 4.42 Å². The molecule has 0 aliphatic heterocycles. The zero-order valence-corrected chi connectivity index (χ0v) is 10.5. The second kappa shape index (κ2) is 4.79. The average Bonchev–Trinajstić information content (AvgIpc) is 2.46. The first-order chi connectivity index (χ1) is 6.97. The highest BCUT2D eigenvalue weighted by Crippen LogP contribution is 2.23. The second-order valence-corrected chi connectivity index (χ2v) is 4.54. The molecule has 1 N–H and O–H groups in total. The topological polar surface area (TPSA) is 38.1 Å². The Hall–Kier alpha value is -0.830. The zero-order chi connectivity index (χ0) is 11.5. The lowest BCUT2D eigenvalue weighted by molar-refractivity contribution is 0.383. The van der Waals surface area contributed by atoms with Crippen molar-refractivity contribution in [1.29, 1.82) is 0 Å². The molecule has 0 radical (unpaired) electrons. The van der Waals surface area contributed by atoms with Crippen LogP contribution in [0.5, 0.6) is 0 Å². The maximum Gasteiger partial charge on any atom is 0.191 e. The summed E-state index contributed by atoms with van der Waals surface area (Å²) in [6, 6.07) is 0. The van der Waals surface area contributed by atoms with Crippen LogP contribution < -0.4 is 5.32 Å². The highest BCUT2D eigenvalue weighted by molar-refractivity contribution is 5.17. The van der Waals surface area contributed by atoms with Crippen molar-refractivity contribution in [2.45, 2.75) is 53.0 Å². The van der Waals surface area contributed by atoms with Crippen LogP contribution in [0.2, 0.25) is 0 Å². The summed E-state index contributed by atoms with van der Waals surface area (Å²) in [7, 11) is 0. The van der Waals surface area contributed by atoms with E-state index in [1.54, 1.807) is 0 Å². The largest absolute Gasteiger partial charge is 0.446 e. The second-order valence-electron chi connectivity index (χ2n) is 4.54. The van der Waals surface area contributed by atoms with Crippen molar-refractivity contribution >= 4 is 0 Å². The van der Waals surface area contributed by atoms with Gasteiger partial charge in [0.15, 0.2) is 5.89 Å². The molecule has 1 heterocycles. The van der Waals surface area contributed by atoms with E-state index >= 15 is 0 Å². The molecule has 0 saturated carbocycles. The SMILES string of the molecule is CCCCNC(C)(C)c1nc(C)oc1C. The maximum absolute atomic E-state index is 5.46. The zero-order valence-electron chi connectivity index (χ0n) is 10.5. The predicted octanol–water partition coefficient (Wildman–Crippen LogP) is 2.92. The third-order valence-corrected chi connectivity index (χ3v) is 2.59. The molecule has 1 aromatic rings. The van der Waals surface area contributed by atoms with Crippen LogP contribution in [-0.4, -0.2) is 11.5 Å². The smallest absolute Gasteiger partial charge is 0.191 e. The van der Waals surface area contributed by atoms with Gasteiger partial charge in [-0.1, -0.05) is 13.3 Å². The number of unbranched alkanes of at least 4 members (excludes halogenated alkanes) is 1. The van der Waals surface area contributed by atoms with Gasteiger partial charge in [-0.15, -0.1) is 0 Å². The molecule has 15 heavy (non-hydrogen) atoms. The fourth-order valence-electron chi connectivity index (χ4n) is 1.77. The lowest BCUT2D eigenvalue weighted by Crippen LogP contribution is -2.38. The number of nitrogens with one attached hydrogen (secondary N) is 1. The Kier molecular flexibility index (Phi) is 3.91. The molecule has 0 bridgehead atoms. The molecule has 3 nitrogen and oxygen atoms in total. The fourth-order valence-corrected chi connectivity index (χ4v) is 1.77. The first-order valence-corrected chi connectivity index (χ1v) is 5.67. The maximum atomic E-state index is 5.46. The molecule has 0 aliphatic carbocycles. The van der Waals surface area contributed by atoms with Crippen LogP contribution in [0.4, 0.5) is 0 Å². The number of hydrogen-bond acceptors (Lipinski definition) is 3. The molecular weight excluding hydrogens is 188 g/mol. The molecule has 0 aliphatic rings. The summed E-state index contributed by atoms with van der Waals surface area (Å²) in [6.45, 7) is 11.4. The molecule has 1 rings (SSSR count). The Morgan fingerprint density at radius 2 is 2.00 bits per heavy atom. The number of aryl methyl sites for hydroxylation is 2. The number of hydrogen-bond donors (Lipinski definition) is 1. The van der Waals surface area contributed by atoms with Gasteiger partial charge in [-0.25, -0.2) is 4.98 Å². The third-order valence-electron chi connectivity index (χ3n) is 2.59. The van der Waals surface area contributed by atoms with Crippen LogP contribution in [-0.2, 0) is 5.54 Å². The van der Waals surface area contributed by atoms with Crippen molar-refractivity contribution in [1.82, 2.24) is 10.3 Å². The molecular formula is C12H22N2O. The van der Waals surface area contributed by atoms with Gasteiger partial charge < -0.3 is 9.73 Å². The highest BCUT2D eigenvalue weighted by atomic mass is 16.4. The fraction of sp³-hybridized carbons (Fsp3) is 0.750. The molecule has 3 heteroatoms. The summed E-state index contributed by atoms with van der Waals surface area (Å²) >= 11 is 0. The number of rotatable bonds is 5. The summed E-state index contributed by atoms with van der Waals surface area (Å²) in [6.07, 6.45) is 2.40. The van der Waals surface area contributed by atoms with Gasteiger partial charge in [0.05, 0.1) is 5.54 Å². The van der Waals surface area contributed by atoms with Gasteiger partial charge in [0.2, 0.25) is 0 Å². The monoisotopic (exact) mass is 210 g/mol. The van der Waals surface area contributed by atoms with E-state index in [1.807, 2.05) is 13.8 Å². The summed E-state index contributed by atoms with van der Waals surface area (Å²) in [4.78, 5) is 4.43. The van der Waals surface area contributed by atoms with E-state index < -0.39 is 0 Å². The van der Waals surface area contributed by atoms with Gasteiger partial charge in [0.25, 0.3) is 0 Å². The molecule has 86 valence electrons. The van der Waals surface area contributed by atoms with E-state index in [1.165, 1.54) is 12.8 Å². The van der Waals surface area contributed by atoms with Crippen molar-refractivity contribution in [2.24, 2.45) is 0 Å². The summed E-state index contributed by atoms with van der Waals surface area (Å²) in [5.74, 6) is 1.66. The lowest BCUT2D eigenvalue weighted by atomic mass is 9.99. The minimum atomic E-state index is -0.100. The molecule has 0 spiro atoms. The Morgan fingerprint density at radius 1 is 1.33 bits per heavy atom. The summed E-state index contributed by atoms with van der Waals surface area (Å²) in [5, 5.41) is 3.51. The minimum Gasteiger partial charge on any atom is -0.446 e. The van der Waals surface area contributed by atoms with Gasteiger partial charge in [-0.2, -0.15) is 0 Å². The van der Waals surface area contributed by atoms with Crippen LogP contribution in [0.25, 0.3) is 0 Å². The summed E-state index contributed by atoms with van der Waals surface area (Å²) in [5.41, 5.74) is 0.924. The lowest BCUT2D eigenvalue weighted by Gasteiger charge is -2.24. The van der Waals surface area contributed by atoms with Gasteiger partial charge in [0, 0.05) is 6.92 Å². The molecule has 0 aromatic carbocycles. The first kappa shape index (κ1) is 12.2. The van der Waals surface area contributed by atoms with Crippen LogP contribution in [0.1, 0.15) is 51.0 Å². The van der Waals surface area contributed by atoms with Gasteiger partial charge >= 0.3 is 0 Å². The van der Waals surface area contributed by atoms with E-state index in [0.717, 1.165) is 23.9 Å². The number of aromatic nitrogens is 1. The normalized spacial score (nSPS) is 12.1. The molecule has 0 unspecified atom stereocenters.